The van der Waals surface area contributed by atoms with Gasteiger partial charge in [-0.1, -0.05) is 0 Å². The molecule has 0 radical (unpaired) electrons. The van der Waals surface area contributed by atoms with Crippen LogP contribution in [-0.2, 0) is 4.74 Å². The number of piperidine rings is 1. The molecule has 1 unspecified atom stereocenters. The van der Waals surface area contributed by atoms with Crippen LogP contribution in [0.1, 0.15) is 36.5 Å². The van der Waals surface area contributed by atoms with Gasteiger partial charge in [0, 0.05) is 18.3 Å². The Labute approximate surface area is 102 Å². The van der Waals surface area contributed by atoms with E-state index in [1.165, 1.54) is 32.1 Å². The van der Waals surface area contributed by atoms with Crippen molar-refractivity contribution >= 4 is 11.7 Å². The van der Waals surface area contributed by atoms with Gasteiger partial charge >= 0.3 is 5.97 Å². The van der Waals surface area contributed by atoms with Gasteiger partial charge in [-0.15, -0.1) is 0 Å². The van der Waals surface area contributed by atoms with E-state index in [1.807, 2.05) is 24.3 Å². The zero-order valence-electron chi connectivity index (χ0n) is 10.5. The SMILES string of the molecule is COC(=O)c1ccc(N2CCCCC2C)cc1. The number of esters is 1. The van der Waals surface area contributed by atoms with Gasteiger partial charge in [0.05, 0.1) is 12.7 Å². The maximum atomic E-state index is 11.3. The van der Waals surface area contributed by atoms with Crippen LogP contribution in [0.15, 0.2) is 24.3 Å². The maximum Gasteiger partial charge on any atom is 0.337 e. The number of anilines is 1. The molecule has 1 atom stereocenters. The molecule has 0 amide bonds. The molecule has 1 aliphatic rings. The minimum absolute atomic E-state index is 0.275. The number of methoxy groups -OCH3 is 1. The van der Waals surface area contributed by atoms with Gasteiger partial charge in [-0.25, -0.2) is 4.79 Å². The predicted octanol–water partition coefficient (Wildman–Crippen LogP) is 2.85. The van der Waals surface area contributed by atoms with Crippen LogP contribution in [0.4, 0.5) is 5.69 Å². The predicted molar refractivity (Wildman–Crippen MR) is 68.4 cm³/mol. The second-order valence-electron chi connectivity index (χ2n) is 4.58. The first-order chi connectivity index (χ1) is 8.22. The lowest BCUT2D eigenvalue weighted by Gasteiger charge is -2.35. The molecule has 0 bridgehead atoms. The summed E-state index contributed by atoms with van der Waals surface area (Å²) in [4.78, 5) is 13.7. The molecule has 92 valence electrons. The van der Waals surface area contributed by atoms with E-state index in [0.29, 0.717) is 11.6 Å². The highest BCUT2D eigenvalue weighted by Crippen LogP contribution is 2.24. The zero-order chi connectivity index (χ0) is 12.3. The van der Waals surface area contributed by atoms with Gasteiger partial charge in [-0.3, -0.25) is 0 Å². The van der Waals surface area contributed by atoms with Crippen LogP contribution < -0.4 is 4.90 Å². The Morgan fingerprint density at radius 2 is 2.00 bits per heavy atom. The molecule has 3 nitrogen and oxygen atoms in total. The molecule has 1 aromatic rings. The quantitative estimate of drug-likeness (QED) is 0.736. The molecule has 17 heavy (non-hydrogen) atoms. The van der Waals surface area contributed by atoms with Crippen LogP contribution >= 0.6 is 0 Å². The monoisotopic (exact) mass is 233 g/mol. The van der Waals surface area contributed by atoms with Crippen LogP contribution in [0.2, 0.25) is 0 Å². The van der Waals surface area contributed by atoms with Gasteiger partial charge in [0.1, 0.15) is 0 Å². The molecule has 2 rings (SSSR count). The van der Waals surface area contributed by atoms with Crippen molar-refractivity contribution in [2.24, 2.45) is 0 Å². The summed E-state index contributed by atoms with van der Waals surface area (Å²) in [7, 11) is 1.41. The molecule has 0 N–H and O–H groups in total. The Balaban J connectivity index is 2.14. The van der Waals surface area contributed by atoms with Crippen molar-refractivity contribution in [2.75, 3.05) is 18.6 Å². The average molecular weight is 233 g/mol. The van der Waals surface area contributed by atoms with E-state index in [1.54, 1.807) is 0 Å². The molecule has 0 spiro atoms. The lowest BCUT2D eigenvalue weighted by molar-refractivity contribution is 0.0601. The second kappa shape index (κ2) is 5.21. The van der Waals surface area contributed by atoms with Crippen molar-refractivity contribution in [1.29, 1.82) is 0 Å². The van der Waals surface area contributed by atoms with Crippen molar-refractivity contribution in [2.45, 2.75) is 32.2 Å². The Morgan fingerprint density at radius 1 is 1.29 bits per heavy atom. The van der Waals surface area contributed by atoms with Crippen molar-refractivity contribution in [3.05, 3.63) is 29.8 Å². The summed E-state index contributed by atoms with van der Waals surface area (Å²) in [6.45, 7) is 3.37. The summed E-state index contributed by atoms with van der Waals surface area (Å²) in [5.74, 6) is -0.275. The summed E-state index contributed by atoms with van der Waals surface area (Å²) in [6, 6.07) is 8.28. The standard InChI is InChI=1S/C14H19NO2/c1-11-5-3-4-10-15(11)13-8-6-12(7-9-13)14(16)17-2/h6-9,11H,3-5,10H2,1-2H3. The molecule has 1 aromatic carbocycles. The fraction of sp³-hybridized carbons (Fsp3) is 0.500. The van der Waals surface area contributed by atoms with E-state index in [2.05, 4.69) is 11.8 Å². The zero-order valence-corrected chi connectivity index (χ0v) is 10.5. The third-order valence-corrected chi connectivity index (χ3v) is 3.42. The number of rotatable bonds is 2. The van der Waals surface area contributed by atoms with Gasteiger partial charge in [-0.05, 0) is 50.5 Å². The largest absolute Gasteiger partial charge is 0.465 e. The van der Waals surface area contributed by atoms with Gasteiger partial charge in [0.2, 0.25) is 0 Å². The molecule has 1 heterocycles. The van der Waals surface area contributed by atoms with Crippen molar-refractivity contribution in [3.63, 3.8) is 0 Å². The summed E-state index contributed by atoms with van der Waals surface area (Å²) >= 11 is 0. The number of ether oxygens (including phenoxy) is 1. The Bertz CT molecular complexity index is 386. The summed E-state index contributed by atoms with van der Waals surface area (Å²) in [5.41, 5.74) is 1.81. The number of carbonyl (C=O) groups is 1. The van der Waals surface area contributed by atoms with Crippen molar-refractivity contribution in [3.8, 4) is 0 Å². The van der Waals surface area contributed by atoms with E-state index < -0.39 is 0 Å². The smallest absolute Gasteiger partial charge is 0.337 e. The fourth-order valence-corrected chi connectivity index (χ4v) is 2.39. The van der Waals surface area contributed by atoms with E-state index >= 15 is 0 Å². The third-order valence-electron chi connectivity index (χ3n) is 3.42. The highest BCUT2D eigenvalue weighted by atomic mass is 16.5. The van der Waals surface area contributed by atoms with Crippen molar-refractivity contribution < 1.29 is 9.53 Å². The molecule has 1 fully saturated rings. The number of hydrogen-bond donors (Lipinski definition) is 0. The number of nitrogens with zero attached hydrogens (tertiary/aromatic N) is 1. The minimum Gasteiger partial charge on any atom is -0.465 e. The van der Waals surface area contributed by atoms with Crippen LogP contribution in [-0.4, -0.2) is 25.7 Å². The number of benzene rings is 1. The fourth-order valence-electron chi connectivity index (χ4n) is 2.39. The molecular weight excluding hydrogens is 214 g/mol. The normalized spacial score (nSPS) is 20.1. The van der Waals surface area contributed by atoms with Crippen LogP contribution in [0.3, 0.4) is 0 Å². The Morgan fingerprint density at radius 3 is 2.59 bits per heavy atom. The van der Waals surface area contributed by atoms with Gasteiger partial charge in [0.25, 0.3) is 0 Å². The highest BCUT2D eigenvalue weighted by molar-refractivity contribution is 5.89. The topological polar surface area (TPSA) is 29.5 Å². The van der Waals surface area contributed by atoms with E-state index in [4.69, 9.17) is 4.74 Å². The minimum atomic E-state index is -0.275. The molecular formula is C14H19NO2. The van der Waals surface area contributed by atoms with Gasteiger partial charge < -0.3 is 9.64 Å². The molecule has 1 aliphatic heterocycles. The molecule has 3 heteroatoms. The Hall–Kier alpha value is -1.51. The van der Waals surface area contributed by atoms with E-state index in [-0.39, 0.29) is 5.97 Å². The summed E-state index contributed by atoms with van der Waals surface area (Å²) in [6.07, 6.45) is 3.82. The third kappa shape index (κ3) is 2.60. The lowest BCUT2D eigenvalue weighted by atomic mass is 10.0. The van der Waals surface area contributed by atoms with Crippen LogP contribution in [0.25, 0.3) is 0 Å². The van der Waals surface area contributed by atoms with Gasteiger partial charge in [0.15, 0.2) is 0 Å². The van der Waals surface area contributed by atoms with E-state index in [0.717, 1.165) is 6.54 Å². The van der Waals surface area contributed by atoms with Crippen LogP contribution in [0, 0.1) is 0 Å². The highest BCUT2D eigenvalue weighted by Gasteiger charge is 2.18. The number of hydrogen-bond acceptors (Lipinski definition) is 3. The second-order valence-corrected chi connectivity index (χ2v) is 4.58. The van der Waals surface area contributed by atoms with Crippen LogP contribution in [0.5, 0.6) is 0 Å². The maximum absolute atomic E-state index is 11.3. The average Bonchev–Trinajstić information content (AvgIpc) is 2.39. The summed E-state index contributed by atoms with van der Waals surface area (Å²) < 4.78 is 4.69. The Kier molecular flexibility index (Phi) is 3.67. The van der Waals surface area contributed by atoms with Crippen molar-refractivity contribution in [1.82, 2.24) is 0 Å². The van der Waals surface area contributed by atoms with Gasteiger partial charge in [-0.2, -0.15) is 0 Å². The molecule has 1 saturated heterocycles. The first kappa shape index (κ1) is 12.0. The molecule has 0 saturated carbocycles. The first-order valence-corrected chi connectivity index (χ1v) is 6.17. The number of carbonyl (C=O) groups excluding carboxylic acids is 1. The molecule has 0 aliphatic carbocycles. The summed E-state index contributed by atoms with van der Waals surface area (Å²) in [5, 5.41) is 0. The molecule has 0 aromatic heterocycles. The van der Waals surface area contributed by atoms with E-state index in [9.17, 15) is 4.79 Å². The first-order valence-electron chi connectivity index (χ1n) is 6.17. The lowest BCUT2D eigenvalue weighted by Crippen LogP contribution is -2.37.